The fourth-order valence-corrected chi connectivity index (χ4v) is 3.94. The van der Waals surface area contributed by atoms with Crippen LogP contribution in [0.3, 0.4) is 0 Å². The number of ether oxygens (including phenoxy) is 1. The summed E-state index contributed by atoms with van der Waals surface area (Å²) in [6, 6.07) is 13.5. The van der Waals surface area contributed by atoms with Crippen LogP contribution in [0.5, 0.6) is 5.75 Å². The quantitative estimate of drug-likeness (QED) is 0.679. The van der Waals surface area contributed by atoms with E-state index >= 15 is 0 Å². The first-order chi connectivity index (χ1) is 14.2. The maximum atomic E-state index is 13.1. The van der Waals surface area contributed by atoms with Crippen molar-refractivity contribution in [3.8, 4) is 5.75 Å². The van der Waals surface area contributed by atoms with Crippen LogP contribution in [-0.4, -0.2) is 65.3 Å². The minimum Gasteiger partial charge on any atom is -0.515 e. The zero-order valence-corrected chi connectivity index (χ0v) is 17.9. The van der Waals surface area contributed by atoms with Crippen LogP contribution in [0.4, 0.5) is 5.69 Å². The Bertz CT molecular complexity index is 893. The van der Waals surface area contributed by atoms with Gasteiger partial charge in [0.15, 0.2) is 0 Å². The van der Waals surface area contributed by atoms with Crippen molar-refractivity contribution in [1.29, 1.82) is 0 Å². The van der Waals surface area contributed by atoms with Gasteiger partial charge in [-0.3, -0.25) is 9.69 Å². The molecule has 1 heterocycles. The van der Waals surface area contributed by atoms with Gasteiger partial charge in [-0.05, 0) is 30.3 Å². The Morgan fingerprint density at radius 1 is 1.27 bits per heavy atom. The second-order valence-corrected chi connectivity index (χ2v) is 8.01. The second-order valence-electron chi connectivity index (χ2n) is 7.60. The highest BCUT2D eigenvalue weighted by atomic mass is 35.5. The maximum absolute atomic E-state index is 13.1. The Labute approximate surface area is 187 Å². The summed E-state index contributed by atoms with van der Waals surface area (Å²) >= 11 is 6.28. The van der Waals surface area contributed by atoms with Gasteiger partial charge in [0, 0.05) is 38.3 Å². The number of benzene rings is 2. The molecule has 9 heteroatoms. The van der Waals surface area contributed by atoms with E-state index in [1.54, 1.807) is 13.1 Å². The number of hydrogen-bond acceptors (Lipinski definition) is 4. The molecule has 0 bridgehead atoms. The normalized spacial score (nSPS) is 19.4. The lowest BCUT2D eigenvalue weighted by atomic mass is 9.52. The number of hydrogen-bond donors (Lipinski definition) is 2. The zero-order valence-electron chi connectivity index (χ0n) is 17.2. The van der Waals surface area contributed by atoms with Crippen LogP contribution in [0.15, 0.2) is 42.5 Å². The first-order valence-corrected chi connectivity index (χ1v) is 10.2. The van der Waals surface area contributed by atoms with Gasteiger partial charge in [0.1, 0.15) is 29.3 Å². The van der Waals surface area contributed by atoms with Gasteiger partial charge < -0.3 is 15.4 Å². The predicted molar refractivity (Wildman–Crippen MR) is 124 cm³/mol. The smallest absolute Gasteiger partial charge is 0.255 e. The van der Waals surface area contributed by atoms with Crippen molar-refractivity contribution in [3.63, 3.8) is 0 Å². The van der Waals surface area contributed by atoms with Gasteiger partial charge >= 0.3 is 0 Å². The lowest BCUT2D eigenvalue weighted by molar-refractivity contribution is 0.0922. The number of rotatable bonds is 7. The molecule has 2 N–H and O–H groups in total. The third-order valence-corrected chi connectivity index (χ3v) is 5.61. The van der Waals surface area contributed by atoms with Crippen LogP contribution in [-0.2, 0) is 6.54 Å². The van der Waals surface area contributed by atoms with Gasteiger partial charge in [-0.25, -0.2) is 0 Å². The van der Waals surface area contributed by atoms with E-state index in [9.17, 15) is 4.79 Å². The number of nitrogens with zero attached hydrogens (tertiary/aromatic N) is 1. The summed E-state index contributed by atoms with van der Waals surface area (Å²) in [5, 5.41) is 4.46. The van der Waals surface area contributed by atoms with Crippen molar-refractivity contribution >= 4 is 46.7 Å². The molecule has 1 saturated heterocycles. The number of carbonyl (C=O) groups excluding carboxylic acids is 1. The SMILES string of the molecule is [B]C([B])([B])Oc1cc(NC)c(Cl)cc1C(=O)N[C@@H]1CCN(Cc2ccccc2)[C@@H]1C. The van der Waals surface area contributed by atoms with E-state index in [4.69, 9.17) is 39.9 Å². The van der Waals surface area contributed by atoms with Gasteiger partial charge in [0.25, 0.3) is 5.91 Å². The molecular weight excluding hydrogens is 394 g/mol. The third-order valence-electron chi connectivity index (χ3n) is 5.30. The van der Waals surface area contributed by atoms with Crippen LogP contribution in [0, 0.1) is 0 Å². The lowest BCUT2D eigenvalue weighted by Gasteiger charge is -2.27. The molecule has 1 aliphatic heterocycles. The fourth-order valence-electron chi connectivity index (χ4n) is 3.68. The Kier molecular flexibility index (Phi) is 7.09. The van der Waals surface area contributed by atoms with E-state index in [1.807, 2.05) is 18.2 Å². The molecule has 1 amide bonds. The van der Waals surface area contributed by atoms with E-state index in [1.165, 1.54) is 11.6 Å². The first-order valence-electron chi connectivity index (χ1n) is 9.83. The Morgan fingerprint density at radius 3 is 2.60 bits per heavy atom. The fraction of sp³-hybridized carbons (Fsp3) is 0.381. The predicted octanol–water partition coefficient (Wildman–Crippen LogP) is 2.27. The Balaban J connectivity index is 1.74. The highest BCUT2D eigenvalue weighted by Gasteiger charge is 2.32. The minimum atomic E-state index is -1.93. The van der Waals surface area contributed by atoms with Gasteiger partial charge in [-0.1, -0.05) is 41.9 Å². The number of carbonyl (C=O) groups is 1. The summed E-state index contributed by atoms with van der Waals surface area (Å²) in [7, 11) is 18.5. The van der Waals surface area contributed by atoms with Crippen LogP contribution in [0.25, 0.3) is 0 Å². The van der Waals surface area contributed by atoms with E-state index in [-0.39, 0.29) is 29.3 Å². The largest absolute Gasteiger partial charge is 0.515 e. The highest BCUT2D eigenvalue weighted by Crippen LogP contribution is 2.32. The molecule has 5 nitrogen and oxygen atoms in total. The van der Waals surface area contributed by atoms with Gasteiger partial charge in [0.2, 0.25) is 0 Å². The second kappa shape index (κ2) is 9.40. The van der Waals surface area contributed by atoms with Crippen LogP contribution in [0.2, 0.25) is 5.02 Å². The van der Waals surface area contributed by atoms with Gasteiger partial charge in [-0.2, -0.15) is 0 Å². The molecule has 0 spiro atoms. The van der Waals surface area contributed by atoms with Crippen LogP contribution in [0.1, 0.15) is 29.3 Å². The molecule has 0 unspecified atom stereocenters. The first kappa shape index (κ1) is 22.6. The average Bonchev–Trinajstić information content (AvgIpc) is 3.02. The molecule has 3 rings (SSSR count). The number of halogens is 1. The van der Waals surface area contributed by atoms with Crippen LogP contribution < -0.4 is 15.4 Å². The molecule has 6 radical (unpaired) electrons. The standard InChI is InChI=1S/C21H23B3ClN3O2/c1-13-17(8-9-28(13)12-14-6-4-3-5-7-14)27-20(29)15-10-16(25)18(26-2)11-19(15)30-21(22,23)24/h3-7,10-11,13,17,26H,8-9,12H2,1-2H3,(H,27,29)/t13-,17-/m1/s1. The molecule has 2 atom stereocenters. The summed E-state index contributed by atoms with van der Waals surface area (Å²) in [5.41, 5.74) is 2.03. The molecule has 0 aromatic heterocycles. The van der Waals surface area contributed by atoms with Crippen molar-refractivity contribution in [2.75, 3.05) is 18.9 Å². The number of likely N-dealkylation sites (tertiary alicyclic amines) is 1. The lowest BCUT2D eigenvalue weighted by Crippen LogP contribution is -2.43. The average molecular weight is 417 g/mol. The van der Waals surface area contributed by atoms with E-state index in [0.29, 0.717) is 10.7 Å². The minimum absolute atomic E-state index is 0.0183. The van der Waals surface area contributed by atoms with Gasteiger partial charge in [-0.15, -0.1) is 0 Å². The summed E-state index contributed by atoms with van der Waals surface area (Å²) in [6.45, 7) is 3.84. The molecule has 0 saturated carbocycles. The molecule has 150 valence electrons. The molecule has 1 fully saturated rings. The highest BCUT2D eigenvalue weighted by molar-refractivity contribution is 6.58. The maximum Gasteiger partial charge on any atom is 0.255 e. The van der Waals surface area contributed by atoms with E-state index in [2.05, 4.69) is 34.6 Å². The summed E-state index contributed by atoms with van der Waals surface area (Å²) in [5.74, 6) is -0.169. The number of nitrogens with one attached hydrogen (secondary N) is 2. The molecular formula is C21H23B3ClN3O2. The van der Waals surface area contributed by atoms with Gasteiger partial charge in [0.05, 0.1) is 16.3 Å². The van der Waals surface area contributed by atoms with Crippen molar-refractivity contribution in [2.45, 2.75) is 37.3 Å². The topological polar surface area (TPSA) is 53.6 Å². The molecule has 0 aliphatic carbocycles. The molecule has 2 aromatic carbocycles. The monoisotopic (exact) mass is 417 g/mol. The van der Waals surface area contributed by atoms with Crippen molar-refractivity contribution in [1.82, 2.24) is 10.2 Å². The third kappa shape index (κ3) is 5.55. The van der Waals surface area contributed by atoms with Crippen LogP contribution >= 0.6 is 11.6 Å². The Morgan fingerprint density at radius 2 is 1.97 bits per heavy atom. The van der Waals surface area contributed by atoms with Crippen molar-refractivity contribution in [2.24, 2.45) is 0 Å². The summed E-state index contributed by atoms with van der Waals surface area (Å²) < 4.78 is 5.41. The Hall–Kier alpha value is -2.05. The van der Waals surface area contributed by atoms with E-state index in [0.717, 1.165) is 19.5 Å². The summed E-state index contributed by atoms with van der Waals surface area (Å²) in [6.07, 6.45) is 0.840. The molecule has 30 heavy (non-hydrogen) atoms. The number of anilines is 1. The number of amides is 1. The zero-order chi connectivity index (χ0) is 21.9. The molecule has 1 aliphatic rings. The van der Waals surface area contributed by atoms with E-state index < -0.39 is 5.30 Å². The van der Waals surface area contributed by atoms with Crippen molar-refractivity contribution < 1.29 is 9.53 Å². The molecule has 2 aromatic rings. The summed E-state index contributed by atoms with van der Waals surface area (Å²) in [4.78, 5) is 15.4. The van der Waals surface area contributed by atoms with Crippen molar-refractivity contribution in [3.05, 3.63) is 58.6 Å².